The van der Waals surface area contributed by atoms with Crippen LogP contribution in [0.1, 0.15) is 12.8 Å². The van der Waals surface area contributed by atoms with Gasteiger partial charge in [-0.3, -0.25) is 0 Å². The predicted molar refractivity (Wildman–Crippen MR) is 38.6 cm³/mol. The van der Waals surface area contributed by atoms with Gasteiger partial charge in [-0.2, -0.15) is 0 Å². The van der Waals surface area contributed by atoms with Crippen LogP contribution in [0.4, 0.5) is 0 Å². The Morgan fingerprint density at radius 2 is 2.00 bits per heavy atom. The number of hydrogen-bond donors (Lipinski definition) is 1. The lowest BCUT2D eigenvalue weighted by molar-refractivity contribution is 0.740. The van der Waals surface area contributed by atoms with E-state index < -0.39 is 0 Å². The van der Waals surface area contributed by atoms with Crippen LogP contribution in [0.2, 0.25) is 0 Å². The van der Waals surface area contributed by atoms with Gasteiger partial charge in [-0.1, -0.05) is 0 Å². The first kappa shape index (κ1) is 8.54. The lowest BCUT2D eigenvalue weighted by Gasteiger charge is -2.02. The lowest BCUT2D eigenvalue weighted by atomic mass is 10.2. The molecule has 0 rings (SSSR count). The van der Waals surface area contributed by atoms with Gasteiger partial charge in [0.2, 0.25) is 0 Å². The molecule has 0 aliphatic heterocycles. The molecular weight excluding hydrogens is 145 g/mol. The van der Waals surface area contributed by atoms with E-state index in [2.05, 4.69) is 0 Å². The summed E-state index contributed by atoms with van der Waals surface area (Å²) in [6.07, 6.45) is 1.73. The Bertz CT molecular complexity index is 43.7. The summed E-state index contributed by atoms with van der Waals surface area (Å²) < 4.78 is 0. The molecule has 8 heavy (non-hydrogen) atoms. The van der Waals surface area contributed by atoms with E-state index in [4.69, 9.17) is 28.9 Å². The molecule has 2 N–H and O–H groups in total. The van der Waals surface area contributed by atoms with Crippen LogP contribution >= 0.6 is 23.2 Å². The molecular formula is C5H11Cl2N. The van der Waals surface area contributed by atoms with Gasteiger partial charge in [0.05, 0.1) is 0 Å². The third-order valence-corrected chi connectivity index (χ3v) is 1.56. The Hall–Kier alpha value is 0.540. The number of nitrogens with two attached hydrogens (primary N) is 1. The molecule has 50 valence electrons. The van der Waals surface area contributed by atoms with Crippen molar-refractivity contribution in [2.75, 3.05) is 12.4 Å². The van der Waals surface area contributed by atoms with Gasteiger partial charge in [-0.05, 0) is 19.4 Å². The average molecular weight is 156 g/mol. The molecule has 0 bridgehead atoms. The van der Waals surface area contributed by atoms with Gasteiger partial charge in [-0.15, -0.1) is 23.2 Å². The Balaban J connectivity index is 2.92. The Morgan fingerprint density at radius 3 is 2.38 bits per heavy atom. The van der Waals surface area contributed by atoms with Gasteiger partial charge >= 0.3 is 0 Å². The summed E-state index contributed by atoms with van der Waals surface area (Å²) in [5.74, 6) is 0.633. The van der Waals surface area contributed by atoms with Gasteiger partial charge in [0.1, 0.15) is 0 Å². The van der Waals surface area contributed by atoms with E-state index in [1.165, 1.54) is 0 Å². The molecule has 0 heterocycles. The molecule has 0 radical (unpaired) electrons. The molecule has 0 saturated heterocycles. The molecule has 1 nitrogen and oxygen atoms in total. The Kier molecular flexibility index (Phi) is 6.06. The molecule has 0 fully saturated rings. The second-order valence-corrected chi connectivity index (χ2v) is 2.65. The highest BCUT2D eigenvalue weighted by Gasteiger charge is 1.99. The smallest absolute Gasteiger partial charge is 0.0359 e. The first-order valence-corrected chi connectivity index (χ1v) is 3.68. The van der Waals surface area contributed by atoms with Crippen LogP contribution in [-0.2, 0) is 0 Å². The van der Waals surface area contributed by atoms with Gasteiger partial charge < -0.3 is 5.73 Å². The second kappa shape index (κ2) is 5.67. The highest BCUT2D eigenvalue weighted by atomic mass is 35.5. The van der Waals surface area contributed by atoms with Gasteiger partial charge in [0.15, 0.2) is 0 Å². The Labute approximate surface area is 60.1 Å². The van der Waals surface area contributed by atoms with E-state index in [0.717, 1.165) is 12.8 Å². The van der Waals surface area contributed by atoms with Crippen LogP contribution < -0.4 is 5.73 Å². The van der Waals surface area contributed by atoms with Crippen molar-refractivity contribution in [1.29, 1.82) is 0 Å². The summed E-state index contributed by atoms with van der Waals surface area (Å²) in [6.45, 7) is 0.658. The van der Waals surface area contributed by atoms with Crippen molar-refractivity contribution >= 4 is 23.2 Å². The summed E-state index contributed by atoms with van der Waals surface area (Å²) in [5, 5.41) is 0.178. The molecule has 1 unspecified atom stereocenters. The molecule has 0 aromatic carbocycles. The second-order valence-electron chi connectivity index (χ2n) is 1.65. The van der Waals surface area contributed by atoms with Crippen molar-refractivity contribution in [2.24, 2.45) is 5.73 Å². The summed E-state index contributed by atoms with van der Waals surface area (Å²) >= 11 is 11.1. The zero-order valence-corrected chi connectivity index (χ0v) is 6.25. The lowest BCUT2D eigenvalue weighted by Crippen LogP contribution is -2.08. The van der Waals surface area contributed by atoms with E-state index in [1.54, 1.807) is 0 Å². The predicted octanol–water partition coefficient (Wildman–Crippen LogP) is 1.57. The fourth-order valence-corrected chi connectivity index (χ4v) is 1.05. The SMILES string of the molecule is NCCC(Cl)CCCl. The van der Waals surface area contributed by atoms with Gasteiger partial charge in [0, 0.05) is 11.3 Å². The van der Waals surface area contributed by atoms with E-state index in [-0.39, 0.29) is 5.38 Å². The van der Waals surface area contributed by atoms with Crippen LogP contribution in [0.15, 0.2) is 0 Å². The summed E-state index contributed by atoms with van der Waals surface area (Å²) in [4.78, 5) is 0. The van der Waals surface area contributed by atoms with Gasteiger partial charge in [0.25, 0.3) is 0 Å². The van der Waals surface area contributed by atoms with Crippen molar-refractivity contribution < 1.29 is 0 Å². The van der Waals surface area contributed by atoms with Crippen LogP contribution in [-0.4, -0.2) is 17.8 Å². The largest absolute Gasteiger partial charge is 0.330 e. The normalized spacial score (nSPS) is 13.9. The van der Waals surface area contributed by atoms with Crippen molar-refractivity contribution in [3.63, 3.8) is 0 Å². The fraction of sp³-hybridized carbons (Fsp3) is 1.00. The molecule has 1 atom stereocenters. The topological polar surface area (TPSA) is 26.0 Å². The van der Waals surface area contributed by atoms with Crippen LogP contribution in [0.3, 0.4) is 0 Å². The molecule has 0 aliphatic carbocycles. The molecule has 0 spiro atoms. The van der Waals surface area contributed by atoms with Crippen LogP contribution in [0.25, 0.3) is 0 Å². The minimum Gasteiger partial charge on any atom is -0.330 e. The standard InChI is InChI=1S/C5H11Cl2N/c6-3-1-5(7)2-4-8/h5H,1-4,8H2. The minimum atomic E-state index is 0.178. The summed E-state index contributed by atoms with van der Waals surface area (Å²) in [6, 6.07) is 0. The van der Waals surface area contributed by atoms with Crippen LogP contribution in [0, 0.1) is 0 Å². The minimum absolute atomic E-state index is 0.178. The third-order valence-electron chi connectivity index (χ3n) is 0.902. The van der Waals surface area contributed by atoms with Crippen LogP contribution in [0.5, 0.6) is 0 Å². The van der Waals surface area contributed by atoms with Crippen molar-refractivity contribution in [1.82, 2.24) is 0 Å². The fourth-order valence-electron chi connectivity index (χ4n) is 0.444. The van der Waals surface area contributed by atoms with E-state index >= 15 is 0 Å². The monoisotopic (exact) mass is 155 g/mol. The molecule has 0 aliphatic rings. The number of hydrogen-bond acceptors (Lipinski definition) is 1. The number of halogens is 2. The van der Waals surface area contributed by atoms with Crippen molar-refractivity contribution in [2.45, 2.75) is 18.2 Å². The number of rotatable bonds is 4. The molecule has 3 heteroatoms. The first-order chi connectivity index (χ1) is 3.81. The van der Waals surface area contributed by atoms with Crippen molar-refractivity contribution in [3.8, 4) is 0 Å². The Morgan fingerprint density at radius 1 is 1.38 bits per heavy atom. The molecule has 0 amide bonds. The van der Waals surface area contributed by atoms with E-state index in [1.807, 2.05) is 0 Å². The van der Waals surface area contributed by atoms with E-state index in [9.17, 15) is 0 Å². The first-order valence-electron chi connectivity index (χ1n) is 2.71. The van der Waals surface area contributed by atoms with Gasteiger partial charge in [-0.25, -0.2) is 0 Å². The number of alkyl halides is 2. The maximum Gasteiger partial charge on any atom is 0.0359 e. The maximum absolute atomic E-state index is 5.72. The van der Waals surface area contributed by atoms with Crippen molar-refractivity contribution in [3.05, 3.63) is 0 Å². The van der Waals surface area contributed by atoms with E-state index in [0.29, 0.717) is 12.4 Å². The summed E-state index contributed by atoms with van der Waals surface area (Å²) in [7, 11) is 0. The third kappa shape index (κ3) is 4.69. The maximum atomic E-state index is 5.72. The zero-order valence-electron chi connectivity index (χ0n) is 4.74. The highest BCUT2D eigenvalue weighted by molar-refractivity contribution is 6.22. The average Bonchev–Trinajstić information content (AvgIpc) is 1.68. The molecule has 0 aromatic heterocycles. The highest BCUT2D eigenvalue weighted by Crippen LogP contribution is 2.05. The zero-order chi connectivity index (χ0) is 6.41. The molecule has 0 aromatic rings. The molecule has 0 saturated carbocycles. The summed E-state index contributed by atoms with van der Waals surface area (Å²) in [5.41, 5.74) is 5.23. The quantitative estimate of drug-likeness (QED) is 0.614.